The Morgan fingerprint density at radius 1 is 0.460 bits per heavy atom. The molecule has 0 aromatic rings. The van der Waals surface area contributed by atoms with Crippen LogP contribution in [0.3, 0.4) is 0 Å². The lowest BCUT2D eigenvalue weighted by Crippen LogP contribution is -2.49. The molecule has 0 radical (unpaired) electrons. The second-order valence-corrected chi connectivity index (χ2v) is 8.68. The van der Waals surface area contributed by atoms with Gasteiger partial charge in [0, 0.05) is 12.8 Å². The summed E-state index contributed by atoms with van der Waals surface area (Å²) in [6, 6.07) is 0. The van der Waals surface area contributed by atoms with Crippen molar-refractivity contribution in [3.8, 4) is 0 Å². The number of alkyl halides is 30. The van der Waals surface area contributed by atoms with Crippen LogP contribution in [0.5, 0.6) is 0 Å². The van der Waals surface area contributed by atoms with Gasteiger partial charge in [0.2, 0.25) is 19.3 Å². The maximum atomic E-state index is 11.2. The molecule has 0 bridgehead atoms. The number of rotatable bonds is 2. The first kappa shape index (κ1) is 66.8. The third-order valence-corrected chi connectivity index (χ3v) is 2.92. The van der Waals surface area contributed by atoms with Gasteiger partial charge in [0.05, 0.1) is 0 Å². The van der Waals surface area contributed by atoms with Crippen LogP contribution in [0, 0.1) is 0 Å². The highest BCUT2D eigenvalue weighted by molar-refractivity contribution is 6.44. The molecule has 0 saturated heterocycles. The van der Waals surface area contributed by atoms with Crippen molar-refractivity contribution in [1.82, 2.24) is 0 Å². The lowest BCUT2D eigenvalue weighted by Gasteiger charge is -2.21. The Morgan fingerprint density at radius 2 is 0.600 bits per heavy atom. The summed E-state index contributed by atoms with van der Waals surface area (Å²) in [5.74, 6) is -9.12. The van der Waals surface area contributed by atoms with Gasteiger partial charge < -0.3 is 0 Å². The van der Waals surface area contributed by atoms with E-state index in [9.17, 15) is 123 Å². The molecule has 316 valence electrons. The third kappa shape index (κ3) is 65.1. The molecule has 0 aliphatic carbocycles. The highest BCUT2D eigenvalue weighted by Gasteiger charge is 2.74. The first-order chi connectivity index (χ1) is 21.2. The highest BCUT2D eigenvalue weighted by Crippen LogP contribution is 2.47. The van der Waals surface area contributed by atoms with Crippen molar-refractivity contribution < 1.29 is 123 Å². The van der Waals surface area contributed by atoms with Crippen molar-refractivity contribution in [2.24, 2.45) is 0 Å². The molecule has 0 saturated carbocycles. The number of hydrogen-bond acceptors (Lipinski definition) is 0. The van der Waals surface area contributed by atoms with Crippen molar-refractivity contribution in [2.45, 2.75) is 120 Å². The Hall–Kier alpha value is -1.38. The van der Waals surface area contributed by atoms with Gasteiger partial charge >= 0.3 is 49.4 Å². The Balaban J connectivity index is -0.0000000690. The fourth-order valence-electron chi connectivity index (χ4n) is 0.161. The van der Waals surface area contributed by atoms with Crippen molar-refractivity contribution >= 4 is 23.2 Å². The molecular formula is C20H26Cl2F28. The van der Waals surface area contributed by atoms with E-state index in [0.717, 1.165) is 27.2 Å². The number of halogens is 30. The molecule has 0 amide bonds. The third-order valence-electron chi connectivity index (χ3n) is 2.30. The normalized spacial score (nSPS) is 12.4. The van der Waals surface area contributed by atoms with E-state index < -0.39 is 75.1 Å². The van der Waals surface area contributed by atoms with Gasteiger partial charge in [-0.05, 0) is 20.3 Å². The van der Waals surface area contributed by atoms with E-state index >= 15 is 0 Å². The quantitative estimate of drug-likeness (QED) is 0.192. The van der Waals surface area contributed by atoms with Crippen LogP contribution in [-0.4, -0.2) is 73.5 Å². The average molecular weight is 869 g/mol. The molecule has 0 rings (SSSR count). The fraction of sp³-hybridized carbons (Fsp3) is 1.00. The van der Waals surface area contributed by atoms with Crippen LogP contribution < -0.4 is 0 Å². The number of hydrogen-bond donors (Lipinski definition) is 0. The molecule has 50 heavy (non-hydrogen) atoms. The van der Waals surface area contributed by atoms with Crippen LogP contribution in [0.2, 0.25) is 0 Å². The molecule has 0 aromatic carbocycles. The second kappa shape index (κ2) is 29.1. The van der Waals surface area contributed by atoms with Gasteiger partial charge in [-0.1, -0.05) is 20.8 Å². The van der Waals surface area contributed by atoms with E-state index in [0.29, 0.717) is 0 Å². The Kier molecular flexibility index (Phi) is 38.9. The van der Waals surface area contributed by atoms with Gasteiger partial charge in [0.15, 0.2) is 0 Å². The van der Waals surface area contributed by atoms with Gasteiger partial charge in [0.25, 0.3) is 0 Å². The Bertz CT molecular complexity index is 664. The van der Waals surface area contributed by atoms with E-state index in [1.807, 2.05) is 6.92 Å². The van der Waals surface area contributed by atoms with Gasteiger partial charge in [-0.2, -0.15) is 87.8 Å². The predicted molar refractivity (Wildman–Crippen MR) is 123 cm³/mol. The second-order valence-electron chi connectivity index (χ2n) is 7.40. The topological polar surface area (TPSA) is 0 Å². The van der Waals surface area contributed by atoms with Crippen LogP contribution >= 0.6 is 23.2 Å². The molecular weight excluding hydrogens is 843 g/mol. The van der Waals surface area contributed by atoms with E-state index in [1.165, 1.54) is 6.92 Å². The average Bonchev–Trinajstić information content (AvgIpc) is 2.81. The maximum absolute atomic E-state index is 11.2. The zero-order chi connectivity index (χ0) is 43.6. The molecule has 0 spiro atoms. The molecule has 0 nitrogen and oxygen atoms in total. The minimum Gasteiger partial charge on any atom is -0.214 e. The predicted octanol–water partition coefficient (Wildman–Crippen LogP) is 15.0. The lowest BCUT2D eigenvalue weighted by atomic mass is 10.3. The smallest absolute Gasteiger partial charge is 0.214 e. The SMILES string of the molecule is CC(C)(F)F.CCC(Cl)Cl.CCC(F)(F)F.CCC(F)F.FC(F)(F)C(F)(F)C(F)(F)F.FC(F)(F)C(F)(F)F.FC(F)C(F)(F)F.FCF. The molecule has 0 atom stereocenters. The van der Waals surface area contributed by atoms with E-state index in [1.54, 1.807) is 0 Å². The van der Waals surface area contributed by atoms with Gasteiger partial charge in [-0.15, -0.1) is 23.2 Å². The molecule has 30 heteroatoms. The first-order valence-electron chi connectivity index (χ1n) is 11.3. The highest BCUT2D eigenvalue weighted by atomic mass is 35.5. The van der Waals surface area contributed by atoms with Crippen LogP contribution in [0.15, 0.2) is 0 Å². The summed E-state index contributed by atoms with van der Waals surface area (Å²) >= 11 is 10.5. The van der Waals surface area contributed by atoms with Crippen LogP contribution in [0.1, 0.15) is 53.9 Å². The van der Waals surface area contributed by atoms with Crippen molar-refractivity contribution in [1.29, 1.82) is 0 Å². The van der Waals surface area contributed by atoms with Crippen LogP contribution in [-0.2, 0) is 0 Å². The zero-order valence-corrected chi connectivity index (χ0v) is 26.4. The Labute approximate surface area is 274 Å². The summed E-state index contributed by atoms with van der Waals surface area (Å²) in [5, 5.41) is 0. The van der Waals surface area contributed by atoms with Crippen LogP contribution in [0.4, 0.5) is 123 Å². The standard InChI is InChI=1S/C3H6Cl2.C3F8.C3H5F3.2C3H6F2.C2F6.C2HF5.CH2F2/c1-2-3(4)5;4-1(5,2(6,7)8)3(9,10)11;1-2-3(4,5)6;1-3(2,4)5;1-2-3(4)5;3-1(4,5)2(6,7)8;3-1(4)2(5,6)7;2-1-3/h3H,2H2,1H3;;2H2,1H3;1-2H3;3H,2H2,1H3;;1H;1H2. The van der Waals surface area contributed by atoms with Crippen molar-refractivity contribution in [3.63, 3.8) is 0 Å². The van der Waals surface area contributed by atoms with Crippen molar-refractivity contribution in [3.05, 3.63) is 0 Å². The van der Waals surface area contributed by atoms with Gasteiger partial charge in [-0.3, -0.25) is 0 Å². The van der Waals surface area contributed by atoms with E-state index in [4.69, 9.17) is 23.2 Å². The largest absolute Gasteiger partial charge is 0.487 e. The van der Waals surface area contributed by atoms with E-state index in [2.05, 4.69) is 0 Å². The van der Waals surface area contributed by atoms with Crippen molar-refractivity contribution in [2.75, 3.05) is 6.93 Å². The summed E-state index contributed by atoms with van der Waals surface area (Å²) in [5.41, 5.74) is 0. The van der Waals surface area contributed by atoms with E-state index in [-0.39, 0.29) is 11.3 Å². The molecule has 0 aromatic heterocycles. The summed E-state index contributed by atoms with van der Waals surface area (Å²) in [6.07, 6.45) is -40.8. The summed E-state index contributed by atoms with van der Waals surface area (Å²) in [4.78, 5) is -0.171. The van der Waals surface area contributed by atoms with Crippen LogP contribution in [0.25, 0.3) is 0 Å². The lowest BCUT2D eigenvalue weighted by molar-refractivity contribution is -0.389. The van der Waals surface area contributed by atoms with Gasteiger partial charge in [0.1, 0.15) is 4.84 Å². The molecule has 0 heterocycles. The summed E-state index contributed by atoms with van der Waals surface area (Å²) in [7, 11) is 0. The molecule has 0 aliphatic rings. The summed E-state index contributed by atoms with van der Waals surface area (Å²) < 4.78 is 297. The molecule has 0 fully saturated rings. The Morgan fingerprint density at radius 3 is 0.600 bits per heavy atom. The first-order valence-corrected chi connectivity index (χ1v) is 12.2. The fourth-order valence-corrected chi connectivity index (χ4v) is 0.161. The molecule has 0 aliphatic heterocycles. The zero-order valence-electron chi connectivity index (χ0n) is 24.9. The van der Waals surface area contributed by atoms with Gasteiger partial charge in [-0.25, -0.2) is 35.1 Å². The monoisotopic (exact) mass is 868 g/mol. The molecule has 0 N–H and O–H groups in total. The molecule has 0 unspecified atom stereocenters. The minimum absolute atomic E-state index is 0.0278. The summed E-state index contributed by atoms with van der Waals surface area (Å²) in [6.45, 7) is 4.43. The maximum Gasteiger partial charge on any atom is 0.487 e. The minimum atomic E-state index is -6.62.